The second-order valence-electron chi connectivity index (χ2n) is 16.5. The van der Waals surface area contributed by atoms with E-state index in [2.05, 4.69) is 226 Å². The van der Waals surface area contributed by atoms with Crippen molar-refractivity contribution < 1.29 is 4.42 Å². The second kappa shape index (κ2) is 13.7. The van der Waals surface area contributed by atoms with Crippen LogP contribution in [0.15, 0.2) is 222 Å². The van der Waals surface area contributed by atoms with E-state index in [0.717, 1.165) is 56.7 Å². The van der Waals surface area contributed by atoms with E-state index >= 15 is 0 Å². The maximum Gasteiger partial charge on any atom is 0.137 e. The van der Waals surface area contributed by atoms with Crippen LogP contribution < -0.4 is 4.90 Å². The minimum absolute atomic E-state index is 0.435. The number of nitrogens with zero attached hydrogens (tertiary/aromatic N) is 3. The summed E-state index contributed by atoms with van der Waals surface area (Å²) in [7, 11) is 0. The average Bonchev–Trinajstić information content (AvgIpc) is 3.99. The van der Waals surface area contributed by atoms with E-state index in [4.69, 9.17) is 4.42 Å². The lowest BCUT2D eigenvalue weighted by Gasteiger charge is -2.26. The van der Waals surface area contributed by atoms with Gasteiger partial charge in [-0.1, -0.05) is 127 Å². The highest BCUT2D eigenvalue weighted by molar-refractivity contribution is 6.15. The number of aromatic nitrogens is 2. The van der Waals surface area contributed by atoms with Crippen molar-refractivity contribution in [2.45, 2.75) is 6.42 Å². The van der Waals surface area contributed by atoms with Crippen molar-refractivity contribution in [2.24, 2.45) is 5.92 Å². The Balaban J connectivity index is 0.930. The fraction of sp³-hybridized carbons (Fsp3) is 0.0345. The molecule has 2 aliphatic carbocycles. The van der Waals surface area contributed by atoms with Gasteiger partial charge in [-0.25, -0.2) is 0 Å². The Morgan fingerprint density at radius 1 is 0.484 bits per heavy atom. The van der Waals surface area contributed by atoms with Gasteiger partial charge in [0.15, 0.2) is 0 Å². The van der Waals surface area contributed by atoms with Gasteiger partial charge in [-0.3, -0.25) is 0 Å². The third-order valence-corrected chi connectivity index (χ3v) is 13.1. The highest BCUT2D eigenvalue weighted by Crippen LogP contribution is 2.45. The largest absolute Gasteiger partial charge is 0.456 e. The van der Waals surface area contributed by atoms with Crippen molar-refractivity contribution in [2.75, 3.05) is 4.90 Å². The van der Waals surface area contributed by atoms with Crippen LogP contribution in [0.4, 0.5) is 17.1 Å². The molecule has 3 heterocycles. The number of anilines is 3. The maximum absolute atomic E-state index is 6.45. The molecular formula is C58H39N3O. The molecule has 0 N–H and O–H groups in total. The monoisotopic (exact) mass is 793 g/mol. The fourth-order valence-electron chi connectivity index (χ4n) is 10.2. The summed E-state index contributed by atoms with van der Waals surface area (Å²) in [6.07, 6.45) is 12.4. The highest BCUT2D eigenvalue weighted by atomic mass is 16.3. The quantitative estimate of drug-likeness (QED) is 0.168. The van der Waals surface area contributed by atoms with Gasteiger partial charge in [0.25, 0.3) is 0 Å². The molecule has 292 valence electrons. The maximum atomic E-state index is 6.45. The minimum Gasteiger partial charge on any atom is -0.456 e. The van der Waals surface area contributed by atoms with Crippen molar-refractivity contribution in [3.63, 3.8) is 0 Å². The number of benzene rings is 8. The Morgan fingerprint density at radius 3 is 1.95 bits per heavy atom. The van der Waals surface area contributed by atoms with Crippen LogP contribution in [0, 0.1) is 5.92 Å². The zero-order valence-electron chi connectivity index (χ0n) is 33.8. The number of fused-ring (bicyclic) bond motifs is 10. The molecule has 0 saturated carbocycles. The molecule has 0 saturated heterocycles. The summed E-state index contributed by atoms with van der Waals surface area (Å²) in [5.41, 5.74) is 17.3. The number of hydrogen-bond acceptors (Lipinski definition) is 2. The van der Waals surface area contributed by atoms with E-state index in [9.17, 15) is 0 Å². The molecule has 8 aromatic carbocycles. The van der Waals surface area contributed by atoms with Gasteiger partial charge < -0.3 is 18.5 Å². The average molecular weight is 794 g/mol. The first kappa shape index (κ1) is 34.8. The molecule has 3 aromatic heterocycles. The van der Waals surface area contributed by atoms with Crippen molar-refractivity contribution >= 4 is 77.8 Å². The third kappa shape index (κ3) is 5.33. The summed E-state index contributed by atoms with van der Waals surface area (Å²) >= 11 is 0. The van der Waals surface area contributed by atoms with Gasteiger partial charge >= 0.3 is 0 Å². The van der Waals surface area contributed by atoms with Crippen LogP contribution in [-0.4, -0.2) is 9.13 Å². The Kier molecular flexibility index (Phi) is 7.70. The molecule has 62 heavy (non-hydrogen) atoms. The Bertz CT molecular complexity index is 3650. The summed E-state index contributed by atoms with van der Waals surface area (Å²) in [4.78, 5) is 2.39. The molecule has 11 aromatic rings. The van der Waals surface area contributed by atoms with Crippen LogP contribution in [0.1, 0.15) is 11.3 Å². The van der Waals surface area contributed by atoms with Crippen molar-refractivity contribution in [3.8, 4) is 22.5 Å². The molecule has 4 nitrogen and oxygen atoms in total. The summed E-state index contributed by atoms with van der Waals surface area (Å²) in [6, 6.07) is 67.9. The second-order valence-corrected chi connectivity index (χ2v) is 16.5. The molecule has 4 heteroatoms. The van der Waals surface area contributed by atoms with Gasteiger partial charge in [0.05, 0.1) is 33.3 Å². The van der Waals surface area contributed by atoms with Gasteiger partial charge in [0.2, 0.25) is 0 Å². The molecule has 1 atom stereocenters. The predicted molar refractivity (Wildman–Crippen MR) is 258 cm³/mol. The Hall–Kier alpha value is -8.08. The van der Waals surface area contributed by atoms with E-state index in [1.807, 2.05) is 6.07 Å². The molecule has 2 aliphatic rings. The third-order valence-electron chi connectivity index (χ3n) is 13.1. The number of hydrogen-bond donors (Lipinski definition) is 0. The molecule has 0 aliphatic heterocycles. The van der Waals surface area contributed by atoms with E-state index < -0.39 is 0 Å². The van der Waals surface area contributed by atoms with Gasteiger partial charge in [-0.15, -0.1) is 0 Å². The first-order valence-corrected chi connectivity index (χ1v) is 21.4. The van der Waals surface area contributed by atoms with Crippen LogP contribution in [0.3, 0.4) is 0 Å². The molecule has 0 radical (unpaired) electrons. The highest BCUT2D eigenvalue weighted by Gasteiger charge is 2.26. The molecule has 1 unspecified atom stereocenters. The zero-order chi connectivity index (χ0) is 40.7. The zero-order valence-corrected chi connectivity index (χ0v) is 33.8. The lowest BCUT2D eigenvalue weighted by atomic mass is 9.83. The standard InChI is InChI=1S/C58H39N3O/c1-2-15-42(16-3-1)60-51-20-9-7-18-47(51)50-37-45(33-34-53(50)60)59(54-22-12-24-57-58(54)48-19-8-11-23-56(48)62-57)43-29-25-38(26-30-43)39-27-31-44(32-28-39)61-52-21-10-6-17-46(52)49-35-40-13-4-5-14-41(40)36-55(49)61/h1-34,36-37,40H,35H2. The molecule has 0 fully saturated rings. The number of furan rings is 1. The smallest absolute Gasteiger partial charge is 0.137 e. The summed E-state index contributed by atoms with van der Waals surface area (Å²) < 4.78 is 11.3. The summed E-state index contributed by atoms with van der Waals surface area (Å²) in [5.74, 6) is 0.435. The van der Waals surface area contributed by atoms with Crippen LogP contribution >= 0.6 is 0 Å². The van der Waals surface area contributed by atoms with Crippen LogP contribution in [0.5, 0.6) is 0 Å². The van der Waals surface area contributed by atoms with Gasteiger partial charge in [-0.05, 0) is 120 Å². The predicted octanol–water partition coefficient (Wildman–Crippen LogP) is 15.4. The Morgan fingerprint density at radius 2 is 1.13 bits per heavy atom. The lowest BCUT2D eigenvalue weighted by molar-refractivity contribution is 0.669. The van der Waals surface area contributed by atoms with Crippen LogP contribution in [-0.2, 0) is 6.42 Å². The first-order chi connectivity index (χ1) is 30.7. The molecule has 0 spiro atoms. The summed E-state index contributed by atoms with van der Waals surface area (Å²) in [5, 5.41) is 5.95. The van der Waals surface area contributed by atoms with E-state index in [1.165, 1.54) is 60.8 Å². The van der Waals surface area contributed by atoms with E-state index in [-0.39, 0.29) is 0 Å². The normalized spacial score (nSPS) is 14.5. The topological polar surface area (TPSA) is 26.2 Å². The Labute approximate surface area is 358 Å². The SMILES string of the molecule is C1=CC2=Cc3c(c4ccccc4n3-c3ccc(-c4ccc(N(c5ccc6c(c5)c5ccccc5n6-c5ccccc5)c5cccc6oc7ccccc7c56)cc4)cc3)CC2C=C1. The molecular weight excluding hydrogens is 755 g/mol. The molecule has 0 bridgehead atoms. The first-order valence-electron chi connectivity index (χ1n) is 21.4. The molecule has 0 amide bonds. The lowest BCUT2D eigenvalue weighted by Crippen LogP contribution is -2.12. The van der Waals surface area contributed by atoms with Crippen molar-refractivity contribution in [3.05, 3.63) is 229 Å². The van der Waals surface area contributed by atoms with Crippen LogP contribution in [0.25, 0.3) is 83.2 Å². The van der Waals surface area contributed by atoms with Gasteiger partial charge in [0, 0.05) is 50.2 Å². The fourth-order valence-corrected chi connectivity index (χ4v) is 10.2. The number of para-hydroxylation sites is 4. The van der Waals surface area contributed by atoms with E-state index in [0.29, 0.717) is 5.92 Å². The number of allylic oxidation sites excluding steroid dienone is 5. The molecule has 13 rings (SSSR count). The van der Waals surface area contributed by atoms with E-state index in [1.54, 1.807) is 0 Å². The number of rotatable bonds is 6. The van der Waals surface area contributed by atoms with Crippen LogP contribution in [0.2, 0.25) is 0 Å². The summed E-state index contributed by atoms with van der Waals surface area (Å²) in [6.45, 7) is 0. The minimum atomic E-state index is 0.435. The van der Waals surface area contributed by atoms with Gasteiger partial charge in [0.1, 0.15) is 11.2 Å². The van der Waals surface area contributed by atoms with Gasteiger partial charge in [-0.2, -0.15) is 0 Å². The van der Waals surface area contributed by atoms with Crippen molar-refractivity contribution in [1.29, 1.82) is 0 Å². The van der Waals surface area contributed by atoms with Crippen molar-refractivity contribution in [1.82, 2.24) is 9.13 Å².